The van der Waals surface area contributed by atoms with E-state index in [4.69, 9.17) is 16.3 Å². The summed E-state index contributed by atoms with van der Waals surface area (Å²) in [6, 6.07) is 23.5. The summed E-state index contributed by atoms with van der Waals surface area (Å²) in [4.78, 5) is 0. The van der Waals surface area contributed by atoms with E-state index in [2.05, 4.69) is 10.2 Å². The van der Waals surface area contributed by atoms with Crippen LogP contribution in [0, 0.1) is 5.82 Å². The lowest BCUT2D eigenvalue weighted by Gasteiger charge is -2.11. The molecule has 0 bridgehead atoms. The van der Waals surface area contributed by atoms with Crippen LogP contribution < -0.4 is 4.74 Å². The number of halogens is 2. The Balaban J connectivity index is 1.53. The van der Waals surface area contributed by atoms with E-state index < -0.39 is 0 Å². The molecule has 4 rings (SSSR count). The molecule has 0 spiro atoms. The van der Waals surface area contributed by atoms with Crippen LogP contribution in [0.15, 0.2) is 84.0 Å². The standard InChI is InChI=1S/C22H17ClFN3OS/c23-17-8-6-16(7-9-17)21-25-26-22(27(21)19-4-2-1-3-5-19)29-15-14-28-20-12-10-18(24)11-13-20/h1-13H,14-15H2. The number of para-hydroxylation sites is 1. The first-order chi connectivity index (χ1) is 14.2. The number of aromatic nitrogens is 3. The van der Waals surface area contributed by atoms with Crippen LogP contribution in [0.1, 0.15) is 0 Å². The van der Waals surface area contributed by atoms with Crippen LogP contribution in [0.25, 0.3) is 17.1 Å². The Bertz CT molecular complexity index is 1070. The monoisotopic (exact) mass is 425 g/mol. The van der Waals surface area contributed by atoms with E-state index in [9.17, 15) is 4.39 Å². The summed E-state index contributed by atoms with van der Waals surface area (Å²) in [5.41, 5.74) is 1.91. The SMILES string of the molecule is Fc1ccc(OCCSc2nnc(-c3ccc(Cl)cc3)n2-c2ccccc2)cc1. The predicted molar refractivity (Wildman–Crippen MR) is 114 cm³/mol. The number of rotatable bonds is 7. The molecule has 0 saturated carbocycles. The molecule has 0 saturated heterocycles. The smallest absolute Gasteiger partial charge is 0.196 e. The molecule has 1 heterocycles. The molecule has 0 radical (unpaired) electrons. The van der Waals surface area contributed by atoms with Gasteiger partial charge in [0.2, 0.25) is 0 Å². The van der Waals surface area contributed by atoms with E-state index in [0.29, 0.717) is 23.1 Å². The van der Waals surface area contributed by atoms with Gasteiger partial charge in [-0.2, -0.15) is 0 Å². The topological polar surface area (TPSA) is 39.9 Å². The van der Waals surface area contributed by atoms with Crippen molar-refractivity contribution in [1.29, 1.82) is 0 Å². The first-order valence-electron chi connectivity index (χ1n) is 8.99. The van der Waals surface area contributed by atoms with E-state index in [1.807, 2.05) is 59.2 Å². The highest BCUT2D eigenvalue weighted by molar-refractivity contribution is 7.99. The first-order valence-corrected chi connectivity index (χ1v) is 10.3. The van der Waals surface area contributed by atoms with Gasteiger partial charge in [0.15, 0.2) is 11.0 Å². The molecule has 3 aromatic carbocycles. The van der Waals surface area contributed by atoms with Crippen molar-refractivity contribution in [2.75, 3.05) is 12.4 Å². The van der Waals surface area contributed by atoms with Gasteiger partial charge in [0.05, 0.1) is 6.61 Å². The zero-order valence-corrected chi connectivity index (χ0v) is 16.9. The lowest BCUT2D eigenvalue weighted by molar-refractivity contribution is 0.343. The summed E-state index contributed by atoms with van der Waals surface area (Å²) < 4.78 is 20.7. The molecular weight excluding hydrogens is 409 g/mol. The molecule has 4 aromatic rings. The maximum Gasteiger partial charge on any atom is 0.196 e. The van der Waals surface area contributed by atoms with E-state index in [0.717, 1.165) is 22.2 Å². The molecule has 0 atom stereocenters. The fourth-order valence-corrected chi connectivity index (χ4v) is 3.68. The second-order valence-corrected chi connectivity index (χ2v) is 7.63. The summed E-state index contributed by atoms with van der Waals surface area (Å²) in [6.07, 6.45) is 0. The molecule has 0 N–H and O–H groups in total. The van der Waals surface area contributed by atoms with Gasteiger partial charge >= 0.3 is 0 Å². The van der Waals surface area contributed by atoms with E-state index >= 15 is 0 Å². The number of thioether (sulfide) groups is 1. The second-order valence-electron chi connectivity index (χ2n) is 6.13. The number of hydrogen-bond acceptors (Lipinski definition) is 4. The summed E-state index contributed by atoms with van der Waals surface area (Å²) in [6.45, 7) is 0.466. The number of ether oxygens (including phenoxy) is 1. The van der Waals surface area contributed by atoms with E-state index in [1.165, 1.54) is 12.1 Å². The van der Waals surface area contributed by atoms with Crippen LogP contribution in [0.4, 0.5) is 4.39 Å². The quantitative estimate of drug-likeness (QED) is 0.273. The van der Waals surface area contributed by atoms with Crippen molar-refractivity contribution in [2.24, 2.45) is 0 Å². The molecule has 0 amide bonds. The summed E-state index contributed by atoms with van der Waals surface area (Å²) >= 11 is 7.57. The van der Waals surface area contributed by atoms with Gasteiger partial charge in [-0.25, -0.2) is 4.39 Å². The van der Waals surface area contributed by atoms with Gasteiger partial charge in [0, 0.05) is 22.0 Å². The van der Waals surface area contributed by atoms with Crippen LogP contribution >= 0.6 is 23.4 Å². The normalized spacial score (nSPS) is 10.8. The van der Waals surface area contributed by atoms with Crippen molar-refractivity contribution < 1.29 is 9.13 Å². The van der Waals surface area contributed by atoms with Crippen LogP contribution in [-0.2, 0) is 0 Å². The minimum Gasteiger partial charge on any atom is -0.493 e. The second kappa shape index (κ2) is 9.11. The Labute approximate surface area is 177 Å². The fourth-order valence-electron chi connectivity index (χ4n) is 2.78. The molecule has 1 aromatic heterocycles. The van der Waals surface area contributed by atoms with Crippen molar-refractivity contribution in [3.05, 3.63) is 89.7 Å². The zero-order valence-electron chi connectivity index (χ0n) is 15.3. The molecule has 146 valence electrons. The highest BCUT2D eigenvalue weighted by Gasteiger charge is 2.16. The first kappa shape index (κ1) is 19.5. The third-order valence-corrected chi connectivity index (χ3v) is 5.29. The summed E-state index contributed by atoms with van der Waals surface area (Å²) in [7, 11) is 0. The van der Waals surface area contributed by atoms with Gasteiger partial charge in [-0.05, 0) is 60.7 Å². The Morgan fingerprint density at radius 1 is 0.897 bits per heavy atom. The summed E-state index contributed by atoms with van der Waals surface area (Å²) in [5, 5.41) is 10.2. The average Bonchev–Trinajstić information content (AvgIpc) is 3.17. The number of hydrogen-bond donors (Lipinski definition) is 0. The molecule has 7 heteroatoms. The van der Waals surface area contributed by atoms with Gasteiger partial charge in [-0.1, -0.05) is 41.6 Å². The third kappa shape index (κ3) is 4.78. The highest BCUT2D eigenvalue weighted by atomic mass is 35.5. The van der Waals surface area contributed by atoms with Gasteiger partial charge in [-0.15, -0.1) is 10.2 Å². The van der Waals surface area contributed by atoms with E-state index in [1.54, 1.807) is 23.9 Å². The maximum atomic E-state index is 13.0. The Morgan fingerprint density at radius 3 is 2.34 bits per heavy atom. The lowest BCUT2D eigenvalue weighted by Crippen LogP contribution is -2.03. The van der Waals surface area contributed by atoms with Crippen molar-refractivity contribution in [1.82, 2.24) is 14.8 Å². The Morgan fingerprint density at radius 2 is 1.62 bits per heavy atom. The largest absolute Gasteiger partial charge is 0.493 e. The molecule has 0 aliphatic carbocycles. The zero-order chi connectivity index (χ0) is 20.1. The number of benzene rings is 3. The van der Waals surface area contributed by atoms with Crippen LogP contribution in [-0.4, -0.2) is 27.1 Å². The van der Waals surface area contributed by atoms with Crippen molar-refractivity contribution in [3.8, 4) is 22.8 Å². The number of nitrogens with zero attached hydrogens (tertiary/aromatic N) is 3. The molecule has 0 fully saturated rings. The third-order valence-electron chi connectivity index (χ3n) is 4.15. The van der Waals surface area contributed by atoms with Gasteiger partial charge in [0.1, 0.15) is 11.6 Å². The molecular formula is C22H17ClFN3OS. The molecule has 0 aliphatic rings. The van der Waals surface area contributed by atoms with Crippen molar-refractivity contribution in [3.63, 3.8) is 0 Å². The average molecular weight is 426 g/mol. The predicted octanol–water partition coefficient (Wildman–Crippen LogP) is 5.90. The molecule has 0 aliphatic heterocycles. The van der Waals surface area contributed by atoms with E-state index in [-0.39, 0.29) is 5.82 Å². The Hall–Kier alpha value is -2.83. The minimum atomic E-state index is -0.280. The molecule has 29 heavy (non-hydrogen) atoms. The van der Waals surface area contributed by atoms with Crippen molar-refractivity contribution >= 4 is 23.4 Å². The van der Waals surface area contributed by atoms with Crippen LogP contribution in [0.5, 0.6) is 5.75 Å². The lowest BCUT2D eigenvalue weighted by atomic mass is 10.2. The summed E-state index contributed by atoms with van der Waals surface area (Å²) in [5.74, 6) is 1.77. The van der Waals surface area contributed by atoms with Gasteiger partial charge in [-0.3, -0.25) is 4.57 Å². The van der Waals surface area contributed by atoms with Gasteiger partial charge in [0.25, 0.3) is 0 Å². The minimum absolute atomic E-state index is 0.280. The maximum absolute atomic E-state index is 13.0. The molecule has 4 nitrogen and oxygen atoms in total. The fraction of sp³-hybridized carbons (Fsp3) is 0.0909. The van der Waals surface area contributed by atoms with Gasteiger partial charge < -0.3 is 4.74 Å². The molecule has 0 unspecified atom stereocenters. The van der Waals surface area contributed by atoms with Crippen LogP contribution in [0.2, 0.25) is 5.02 Å². The van der Waals surface area contributed by atoms with Crippen molar-refractivity contribution in [2.45, 2.75) is 5.16 Å². The Kier molecular flexibility index (Phi) is 6.12. The highest BCUT2D eigenvalue weighted by Crippen LogP contribution is 2.28. The van der Waals surface area contributed by atoms with Crippen LogP contribution in [0.3, 0.4) is 0 Å².